The highest BCUT2D eigenvalue weighted by atomic mass is 79.9. The summed E-state index contributed by atoms with van der Waals surface area (Å²) in [5.74, 6) is 1.04. The predicted molar refractivity (Wildman–Crippen MR) is 132 cm³/mol. The van der Waals surface area contributed by atoms with Gasteiger partial charge >= 0.3 is 0 Å². The molecule has 2 aromatic carbocycles. The largest absolute Gasteiger partial charge is 0.484 e. The molecule has 0 saturated carbocycles. The fourth-order valence-corrected chi connectivity index (χ4v) is 4.24. The van der Waals surface area contributed by atoms with Gasteiger partial charge in [-0.3, -0.25) is 9.48 Å². The summed E-state index contributed by atoms with van der Waals surface area (Å²) >= 11 is 16.0. The molecular formula is C24H20BrCl2N3O3. The summed E-state index contributed by atoms with van der Waals surface area (Å²) in [6.45, 7) is 4.29. The van der Waals surface area contributed by atoms with Crippen LogP contribution in [0.25, 0.3) is 0 Å². The van der Waals surface area contributed by atoms with Crippen LogP contribution in [-0.4, -0.2) is 15.7 Å². The lowest BCUT2D eigenvalue weighted by molar-refractivity contribution is 0.0992. The highest BCUT2D eigenvalue weighted by molar-refractivity contribution is 9.10. The van der Waals surface area contributed by atoms with Crippen molar-refractivity contribution >= 4 is 50.7 Å². The molecule has 2 aromatic heterocycles. The van der Waals surface area contributed by atoms with Crippen molar-refractivity contribution in [2.75, 3.05) is 5.32 Å². The number of nitrogens with zero attached hydrogens (tertiary/aromatic N) is 2. The number of para-hydroxylation sites is 1. The smallest absolute Gasteiger partial charge is 0.291 e. The molecule has 33 heavy (non-hydrogen) atoms. The topological polar surface area (TPSA) is 69.3 Å². The average Bonchev–Trinajstić information content (AvgIpc) is 3.36. The van der Waals surface area contributed by atoms with E-state index in [0.29, 0.717) is 39.5 Å². The molecule has 0 spiro atoms. The first kappa shape index (κ1) is 23.4. The highest BCUT2D eigenvalue weighted by Crippen LogP contribution is 2.28. The molecule has 0 aliphatic heterocycles. The van der Waals surface area contributed by atoms with Gasteiger partial charge < -0.3 is 14.5 Å². The fourth-order valence-electron chi connectivity index (χ4n) is 3.33. The predicted octanol–water partition coefficient (Wildman–Crippen LogP) is 7.04. The maximum absolute atomic E-state index is 12.8. The van der Waals surface area contributed by atoms with Gasteiger partial charge in [0, 0.05) is 15.6 Å². The second-order valence-electron chi connectivity index (χ2n) is 7.34. The number of amides is 1. The number of aryl methyl sites for hydroxylation is 1. The van der Waals surface area contributed by atoms with Gasteiger partial charge in [0.05, 0.1) is 28.1 Å². The van der Waals surface area contributed by atoms with Crippen molar-refractivity contribution in [3.05, 3.63) is 97.6 Å². The zero-order valence-corrected chi connectivity index (χ0v) is 21.0. The van der Waals surface area contributed by atoms with E-state index in [1.165, 1.54) is 0 Å². The molecule has 4 aromatic rings. The van der Waals surface area contributed by atoms with Gasteiger partial charge in [0.15, 0.2) is 5.76 Å². The third-order valence-corrected chi connectivity index (χ3v) is 6.44. The number of hydrogen-bond donors (Lipinski definition) is 1. The van der Waals surface area contributed by atoms with Crippen molar-refractivity contribution in [1.29, 1.82) is 0 Å². The minimum atomic E-state index is -0.372. The van der Waals surface area contributed by atoms with Crippen LogP contribution in [0.5, 0.6) is 5.75 Å². The highest BCUT2D eigenvalue weighted by Gasteiger charge is 2.19. The number of nitrogens with one attached hydrogen (secondary N) is 1. The van der Waals surface area contributed by atoms with Gasteiger partial charge in [-0.25, -0.2) is 0 Å². The first-order valence-corrected chi connectivity index (χ1v) is 11.6. The molecule has 0 radical (unpaired) electrons. The van der Waals surface area contributed by atoms with Gasteiger partial charge in [-0.15, -0.1) is 0 Å². The molecule has 0 bridgehead atoms. The maximum atomic E-state index is 12.8. The number of hydrogen-bond acceptors (Lipinski definition) is 4. The van der Waals surface area contributed by atoms with Crippen molar-refractivity contribution in [3.63, 3.8) is 0 Å². The van der Waals surface area contributed by atoms with Gasteiger partial charge in [0.25, 0.3) is 5.91 Å². The minimum Gasteiger partial charge on any atom is -0.484 e. The lowest BCUT2D eigenvalue weighted by Crippen LogP contribution is -2.12. The third-order valence-electron chi connectivity index (χ3n) is 5.08. The van der Waals surface area contributed by atoms with Crippen LogP contribution >= 0.6 is 39.1 Å². The van der Waals surface area contributed by atoms with Gasteiger partial charge in [-0.2, -0.15) is 5.10 Å². The van der Waals surface area contributed by atoms with Crippen LogP contribution in [0.2, 0.25) is 10.0 Å². The Morgan fingerprint density at radius 3 is 2.55 bits per heavy atom. The summed E-state index contributed by atoms with van der Waals surface area (Å²) in [6, 6.07) is 16.2. The molecule has 0 atom stereocenters. The monoisotopic (exact) mass is 547 g/mol. The summed E-state index contributed by atoms with van der Waals surface area (Å²) in [6.07, 6.45) is 0. The van der Waals surface area contributed by atoms with E-state index in [1.807, 2.05) is 38.1 Å². The SMILES string of the molecule is Cc1nn(Cc2c(Cl)cccc2Cl)c(C)c1NC(=O)c1ccc(COc2ccccc2Br)o1. The number of carbonyl (C=O) groups is 1. The Bertz CT molecular complexity index is 1300. The number of benzene rings is 2. The quantitative estimate of drug-likeness (QED) is 0.269. The molecule has 2 heterocycles. The van der Waals surface area contributed by atoms with E-state index in [9.17, 15) is 4.79 Å². The van der Waals surface area contributed by atoms with E-state index >= 15 is 0 Å². The van der Waals surface area contributed by atoms with E-state index in [2.05, 4.69) is 26.3 Å². The van der Waals surface area contributed by atoms with Crippen LogP contribution in [0, 0.1) is 13.8 Å². The number of carbonyl (C=O) groups excluding carboxylic acids is 1. The summed E-state index contributed by atoms with van der Waals surface area (Å²) in [5, 5.41) is 8.56. The molecule has 0 fully saturated rings. The van der Waals surface area contributed by atoms with Crippen molar-refractivity contribution in [2.24, 2.45) is 0 Å². The average molecular weight is 549 g/mol. The first-order valence-electron chi connectivity index (χ1n) is 10.1. The second-order valence-corrected chi connectivity index (χ2v) is 9.01. The van der Waals surface area contributed by atoms with Crippen LogP contribution in [0.4, 0.5) is 5.69 Å². The maximum Gasteiger partial charge on any atom is 0.291 e. The summed E-state index contributed by atoms with van der Waals surface area (Å²) in [5.41, 5.74) is 2.84. The normalized spacial score (nSPS) is 10.9. The van der Waals surface area contributed by atoms with E-state index < -0.39 is 0 Å². The third kappa shape index (κ3) is 5.27. The van der Waals surface area contributed by atoms with Crippen LogP contribution in [0.15, 0.2) is 63.5 Å². The molecule has 0 unspecified atom stereocenters. The second kappa shape index (κ2) is 10.0. The molecule has 9 heteroatoms. The molecular weight excluding hydrogens is 529 g/mol. The van der Waals surface area contributed by atoms with E-state index in [4.69, 9.17) is 32.4 Å². The van der Waals surface area contributed by atoms with Gasteiger partial charge in [0.2, 0.25) is 0 Å². The van der Waals surface area contributed by atoms with Gasteiger partial charge in [-0.1, -0.05) is 41.4 Å². The standard InChI is InChI=1S/C24H20BrCl2N3O3/c1-14-23(15(2)30(29-14)12-17-19(26)7-5-8-20(17)27)28-24(31)22-11-10-16(33-22)13-32-21-9-4-3-6-18(21)25/h3-11H,12-13H2,1-2H3,(H,28,31). The van der Waals surface area contributed by atoms with Crippen LogP contribution < -0.4 is 10.1 Å². The number of ether oxygens (including phenoxy) is 1. The summed E-state index contributed by atoms with van der Waals surface area (Å²) in [4.78, 5) is 12.8. The molecule has 1 N–H and O–H groups in total. The molecule has 1 amide bonds. The Hall–Kier alpha value is -2.74. The Morgan fingerprint density at radius 1 is 1.09 bits per heavy atom. The van der Waals surface area contributed by atoms with Crippen LogP contribution in [0.3, 0.4) is 0 Å². The van der Waals surface area contributed by atoms with Crippen LogP contribution in [-0.2, 0) is 13.2 Å². The van der Waals surface area contributed by atoms with Crippen LogP contribution in [0.1, 0.15) is 33.3 Å². The lowest BCUT2D eigenvalue weighted by Gasteiger charge is -2.09. The number of halogens is 3. The zero-order valence-electron chi connectivity index (χ0n) is 17.9. The number of rotatable bonds is 7. The van der Waals surface area contributed by atoms with E-state index in [1.54, 1.807) is 35.0 Å². The zero-order chi connectivity index (χ0) is 23.5. The first-order chi connectivity index (χ1) is 15.8. The lowest BCUT2D eigenvalue weighted by atomic mass is 10.2. The fraction of sp³-hybridized carbons (Fsp3) is 0.167. The number of furan rings is 1. The van der Waals surface area contributed by atoms with Gasteiger partial charge in [0.1, 0.15) is 18.1 Å². The Kier molecular flexibility index (Phi) is 7.12. The summed E-state index contributed by atoms with van der Waals surface area (Å²) < 4.78 is 14.0. The molecule has 0 saturated heterocycles. The Labute approximate surface area is 209 Å². The molecule has 170 valence electrons. The van der Waals surface area contributed by atoms with Gasteiger partial charge in [-0.05, 0) is 66.2 Å². The number of aromatic nitrogens is 2. The summed E-state index contributed by atoms with van der Waals surface area (Å²) in [7, 11) is 0. The Morgan fingerprint density at radius 2 is 1.82 bits per heavy atom. The minimum absolute atomic E-state index is 0.182. The number of anilines is 1. The van der Waals surface area contributed by atoms with Crippen molar-refractivity contribution < 1.29 is 13.9 Å². The van der Waals surface area contributed by atoms with E-state index in [0.717, 1.165) is 15.7 Å². The van der Waals surface area contributed by atoms with E-state index in [-0.39, 0.29) is 18.3 Å². The molecule has 4 rings (SSSR count). The van der Waals surface area contributed by atoms with Crippen molar-refractivity contribution in [3.8, 4) is 5.75 Å². The Balaban J connectivity index is 1.45. The molecule has 0 aliphatic carbocycles. The molecule has 6 nitrogen and oxygen atoms in total. The van der Waals surface area contributed by atoms with Crippen molar-refractivity contribution in [1.82, 2.24) is 9.78 Å². The van der Waals surface area contributed by atoms with Crippen molar-refractivity contribution in [2.45, 2.75) is 27.0 Å². The molecule has 0 aliphatic rings.